The van der Waals surface area contributed by atoms with Gasteiger partial charge in [-0.25, -0.2) is 0 Å². The summed E-state index contributed by atoms with van der Waals surface area (Å²) in [5, 5.41) is 26.8. The Morgan fingerprint density at radius 2 is 0.593 bits per heavy atom. The molecule has 0 rings (SSSR count). The van der Waals surface area contributed by atoms with Crippen LogP contribution in [0.1, 0.15) is 128 Å². The van der Waals surface area contributed by atoms with E-state index >= 15 is 0 Å². The molecule has 0 aliphatic heterocycles. The third-order valence-electron chi connectivity index (χ3n) is 5.79. The minimum Gasteiger partial charge on any atom is -0.396 e. The number of aliphatic hydroxyl groups is 3. The molecular weight excluding hydrogens is 336 g/mol. The summed E-state index contributed by atoms with van der Waals surface area (Å²) in [5.74, 6) is 0.104. The molecule has 0 heterocycles. The third-order valence-corrected chi connectivity index (χ3v) is 5.79. The fourth-order valence-electron chi connectivity index (χ4n) is 3.79. The third kappa shape index (κ3) is 22.0. The average molecular weight is 387 g/mol. The van der Waals surface area contributed by atoms with Gasteiger partial charge in [-0.1, -0.05) is 116 Å². The second kappa shape index (κ2) is 23.9. The molecule has 0 aromatic heterocycles. The first-order chi connectivity index (χ1) is 13.3. The molecule has 0 saturated heterocycles. The molecule has 0 amide bonds. The van der Waals surface area contributed by atoms with Crippen molar-refractivity contribution in [2.45, 2.75) is 128 Å². The summed E-state index contributed by atoms with van der Waals surface area (Å²) in [4.78, 5) is 0. The highest BCUT2D eigenvalue weighted by Crippen LogP contribution is 2.15. The van der Waals surface area contributed by atoms with Gasteiger partial charge in [-0.3, -0.25) is 0 Å². The fraction of sp³-hybridized carbons (Fsp3) is 1.00. The lowest BCUT2D eigenvalue weighted by molar-refractivity contribution is 0.141. The van der Waals surface area contributed by atoms with Gasteiger partial charge >= 0.3 is 0 Å². The first-order valence-corrected chi connectivity index (χ1v) is 12.2. The van der Waals surface area contributed by atoms with Gasteiger partial charge < -0.3 is 15.3 Å². The lowest BCUT2D eigenvalue weighted by atomic mass is 10.0. The van der Waals surface area contributed by atoms with Gasteiger partial charge in [-0.2, -0.15) is 0 Å². The zero-order chi connectivity index (χ0) is 19.8. The van der Waals surface area contributed by atoms with Gasteiger partial charge in [0.1, 0.15) is 0 Å². The normalized spacial score (nSPS) is 11.6. The molecule has 0 radical (unpaired) electrons. The molecule has 0 spiro atoms. The van der Waals surface area contributed by atoms with Crippen LogP contribution in [0.4, 0.5) is 0 Å². The van der Waals surface area contributed by atoms with Crippen molar-refractivity contribution in [2.75, 3.05) is 19.8 Å². The number of hydrogen-bond donors (Lipinski definition) is 3. The van der Waals surface area contributed by atoms with Crippen LogP contribution < -0.4 is 0 Å². The Labute approximate surface area is 170 Å². The van der Waals surface area contributed by atoms with Crippen LogP contribution in [0, 0.1) is 5.92 Å². The molecule has 0 fully saturated rings. The summed E-state index contributed by atoms with van der Waals surface area (Å²) in [5.41, 5.74) is 0. The largest absolute Gasteiger partial charge is 0.396 e. The van der Waals surface area contributed by atoms with Crippen LogP contribution in [0.2, 0.25) is 0 Å². The Morgan fingerprint density at radius 1 is 0.333 bits per heavy atom. The molecule has 27 heavy (non-hydrogen) atoms. The molecule has 0 unspecified atom stereocenters. The zero-order valence-corrected chi connectivity index (χ0v) is 18.2. The Kier molecular flexibility index (Phi) is 23.8. The van der Waals surface area contributed by atoms with E-state index in [4.69, 9.17) is 15.3 Å². The van der Waals surface area contributed by atoms with Gasteiger partial charge in [-0.15, -0.1) is 0 Å². The topological polar surface area (TPSA) is 60.7 Å². The fourth-order valence-corrected chi connectivity index (χ4v) is 3.79. The van der Waals surface area contributed by atoms with E-state index in [1.165, 1.54) is 109 Å². The van der Waals surface area contributed by atoms with Crippen molar-refractivity contribution in [1.29, 1.82) is 0 Å². The van der Waals surface area contributed by atoms with Crippen molar-refractivity contribution in [1.82, 2.24) is 0 Å². The first kappa shape index (κ1) is 26.9. The Morgan fingerprint density at radius 3 is 0.852 bits per heavy atom. The summed E-state index contributed by atoms with van der Waals surface area (Å²) >= 11 is 0. The molecule has 0 aliphatic rings. The van der Waals surface area contributed by atoms with E-state index in [-0.39, 0.29) is 19.1 Å². The SMILES string of the molecule is OCCCCCCCCCCCCCCCCCCCCCC(CO)CO. The van der Waals surface area contributed by atoms with E-state index in [2.05, 4.69) is 0 Å². The lowest BCUT2D eigenvalue weighted by Gasteiger charge is -2.09. The Bertz CT molecular complexity index is 254. The maximum atomic E-state index is 9.02. The van der Waals surface area contributed by atoms with E-state index in [1.54, 1.807) is 0 Å². The lowest BCUT2D eigenvalue weighted by Crippen LogP contribution is -2.10. The van der Waals surface area contributed by atoms with Crippen molar-refractivity contribution in [3.8, 4) is 0 Å². The van der Waals surface area contributed by atoms with Crippen LogP contribution in [-0.2, 0) is 0 Å². The quantitative estimate of drug-likeness (QED) is 0.178. The van der Waals surface area contributed by atoms with Gasteiger partial charge in [0.25, 0.3) is 0 Å². The van der Waals surface area contributed by atoms with Crippen LogP contribution in [0.3, 0.4) is 0 Å². The molecule has 0 aliphatic carbocycles. The van der Waals surface area contributed by atoms with Crippen LogP contribution in [0.15, 0.2) is 0 Å². The number of rotatable bonds is 23. The van der Waals surface area contributed by atoms with Crippen molar-refractivity contribution in [3.05, 3.63) is 0 Å². The molecule has 0 aromatic carbocycles. The van der Waals surface area contributed by atoms with Gasteiger partial charge in [0.15, 0.2) is 0 Å². The van der Waals surface area contributed by atoms with Crippen molar-refractivity contribution in [3.63, 3.8) is 0 Å². The molecule has 3 N–H and O–H groups in total. The highest BCUT2D eigenvalue weighted by molar-refractivity contribution is 4.56. The smallest absolute Gasteiger partial charge is 0.0481 e. The summed E-state index contributed by atoms with van der Waals surface area (Å²) in [6, 6.07) is 0. The van der Waals surface area contributed by atoms with Gasteiger partial charge in [0.05, 0.1) is 0 Å². The molecule has 0 saturated carbocycles. The molecule has 0 bridgehead atoms. The zero-order valence-electron chi connectivity index (χ0n) is 18.2. The van der Waals surface area contributed by atoms with Crippen molar-refractivity contribution >= 4 is 0 Å². The summed E-state index contributed by atoms with van der Waals surface area (Å²) < 4.78 is 0. The number of hydrogen-bond acceptors (Lipinski definition) is 3. The maximum Gasteiger partial charge on any atom is 0.0481 e. The number of aliphatic hydroxyl groups excluding tert-OH is 3. The van der Waals surface area contributed by atoms with Gasteiger partial charge in [-0.05, 0) is 12.8 Å². The van der Waals surface area contributed by atoms with E-state index in [0.717, 1.165) is 19.3 Å². The second-order valence-electron chi connectivity index (χ2n) is 8.46. The minimum atomic E-state index is 0.104. The second-order valence-corrected chi connectivity index (χ2v) is 8.46. The molecule has 0 aromatic rings. The van der Waals surface area contributed by atoms with Crippen LogP contribution in [-0.4, -0.2) is 35.1 Å². The number of unbranched alkanes of at least 4 members (excludes halogenated alkanes) is 18. The minimum absolute atomic E-state index is 0.104. The van der Waals surface area contributed by atoms with Crippen molar-refractivity contribution in [2.24, 2.45) is 5.92 Å². The van der Waals surface area contributed by atoms with Crippen LogP contribution in [0.5, 0.6) is 0 Å². The highest BCUT2D eigenvalue weighted by Gasteiger charge is 2.04. The molecule has 164 valence electrons. The standard InChI is InChI=1S/C24H50O3/c25-21-19-17-15-13-11-9-7-5-3-1-2-4-6-8-10-12-14-16-18-20-24(22-26)23-27/h24-27H,1-23H2. The van der Waals surface area contributed by atoms with Crippen LogP contribution >= 0.6 is 0 Å². The monoisotopic (exact) mass is 386 g/mol. The first-order valence-electron chi connectivity index (χ1n) is 12.2. The Hall–Kier alpha value is -0.120. The molecule has 3 nitrogen and oxygen atoms in total. The highest BCUT2D eigenvalue weighted by atomic mass is 16.3. The Balaban J connectivity index is 3.03. The molecule has 0 atom stereocenters. The molecular formula is C24H50O3. The maximum absolute atomic E-state index is 9.02. The van der Waals surface area contributed by atoms with E-state index in [9.17, 15) is 0 Å². The van der Waals surface area contributed by atoms with Crippen molar-refractivity contribution < 1.29 is 15.3 Å². The summed E-state index contributed by atoms with van der Waals surface area (Å²) in [6.07, 6.45) is 26.4. The predicted octanol–water partition coefficient (Wildman–Crippen LogP) is 6.38. The average Bonchev–Trinajstić information content (AvgIpc) is 2.69. The van der Waals surface area contributed by atoms with E-state index < -0.39 is 0 Å². The van der Waals surface area contributed by atoms with Crippen LogP contribution in [0.25, 0.3) is 0 Å². The van der Waals surface area contributed by atoms with E-state index in [1.807, 2.05) is 0 Å². The molecule has 3 heteroatoms. The van der Waals surface area contributed by atoms with E-state index in [0.29, 0.717) is 6.61 Å². The summed E-state index contributed by atoms with van der Waals surface area (Å²) in [7, 11) is 0. The van der Waals surface area contributed by atoms with Gasteiger partial charge in [0, 0.05) is 25.7 Å². The van der Waals surface area contributed by atoms with Gasteiger partial charge in [0.2, 0.25) is 0 Å². The predicted molar refractivity (Wildman–Crippen MR) is 117 cm³/mol. The summed E-state index contributed by atoms with van der Waals surface area (Å²) in [6.45, 7) is 0.615.